The molecule has 0 N–H and O–H groups in total. The number of hydrogen-bond donors (Lipinski definition) is 0. The third-order valence-corrected chi connectivity index (χ3v) is 2.26. The van der Waals surface area contributed by atoms with Crippen molar-refractivity contribution in [3.8, 4) is 0 Å². The molecule has 0 amide bonds. The second kappa shape index (κ2) is 6.49. The molecule has 0 aliphatic heterocycles. The molecule has 1 radical (unpaired) electrons. The summed E-state index contributed by atoms with van der Waals surface area (Å²) in [6.45, 7) is 12.9. The van der Waals surface area contributed by atoms with Gasteiger partial charge in [-0.1, -0.05) is 13.8 Å². The molecule has 0 heterocycles. The summed E-state index contributed by atoms with van der Waals surface area (Å²) in [4.78, 5) is 0. The van der Waals surface area contributed by atoms with E-state index < -0.39 is 0 Å². The number of ether oxygens (including phenoxy) is 1. The van der Waals surface area contributed by atoms with Gasteiger partial charge >= 0.3 is 0 Å². The fourth-order valence-electron chi connectivity index (χ4n) is 0.892. The van der Waals surface area contributed by atoms with E-state index >= 15 is 0 Å². The van der Waals surface area contributed by atoms with Gasteiger partial charge in [0.2, 0.25) is 0 Å². The second-order valence-electron chi connectivity index (χ2n) is 4.33. The molecule has 0 bridgehead atoms. The van der Waals surface area contributed by atoms with Crippen molar-refractivity contribution in [3.63, 3.8) is 0 Å². The van der Waals surface area contributed by atoms with Crippen LogP contribution >= 0.6 is 0 Å². The minimum atomic E-state index is 0. The molecule has 0 rings (SSSR count). The third kappa shape index (κ3) is 7.42. The zero-order valence-electron chi connectivity index (χ0n) is 9.82. The molecular formula is C10H22CsO. The van der Waals surface area contributed by atoms with Crippen LogP contribution in [0.15, 0.2) is 0 Å². The fraction of sp³-hybridized carbons (Fsp3) is 1.00. The van der Waals surface area contributed by atoms with E-state index in [1.165, 1.54) is 0 Å². The molecule has 0 aromatic carbocycles. The van der Waals surface area contributed by atoms with Gasteiger partial charge in [0.25, 0.3) is 0 Å². The monoisotopic (exact) mass is 291 g/mol. The normalized spacial score (nSPS) is 12.5. The van der Waals surface area contributed by atoms with E-state index in [2.05, 4.69) is 41.5 Å². The van der Waals surface area contributed by atoms with Crippen molar-refractivity contribution in [1.82, 2.24) is 0 Å². The first-order valence-electron chi connectivity index (χ1n) is 4.53. The fourth-order valence-corrected chi connectivity index (χ4v) is 0.892. The minimum Gasteiger partial charge on any atom is -0.370 e. The SMILES string of the molecule is CCC(C)(C)OC(C)(C)CC.[Cs]. The van der Waals surface area contributed by atoms with Gasteiger partial charge in [0.05, 0.1) is 11.2 Å². The van der Waals surface area contributed by atoms with Gasteiger partial charge in [-0.25, -0.2) is 0 Å². The summed E-state index contributed by atoms with van der Waals surface area (Å²) in [7, 11) is 0. The molecule has 69 valence electrons. The Kier molecular flexibility index (Phi) is 8.89. The summed E-state index contributed by atoms with van der Waals surface area (Å²) in [5, 5.41) is 0. The van der Waals surface area contributed by atoms with Crippen molar-refractivity contribution in [2.45, 2.75) is 65.6 Å². The summed E-state index contributed by atoms with van der Waals surface area (Å²) < 4.78 is 5.92. The average Bonchev–Trinajstić information content (AvgIpc) is 1.86. The van der Waals surface area contributed by atoms with Crippen LogP contribution in [0.1, 0.15) is 54.4 Å². The molecule has 0 aromatic rings. The third-order valence-electron chi connectivity index (χ3n) is 2.26. The van der Waals surface area contributed by atoms with E-state index in [0.717, 1.165) is 12.8 Å². The zero-order valence-corrected chi connectivity index (χ0v) is 16.1. The van der Waals surface area contributed by atoms with E-state index in [0.29, 0.717) is 0 Å². The molecule has 0 unspecified atom stereocenters. The molecule has 12 heavy (non-hydrogen) atoms. The maximum absolute atomic E-state index is 5.92. The molecule has 0 saturated carbocycles. The molecule has 0 aromatic heterocycles. The first kappa shape index (κ1) is 16.4. The molecule has 0 aliphatic carbocycles. The Morgan fingerprint density at radius 1 is 0.833 bits per heavy atom. The summed E-state index contributed by atoms with van der Waals surface area (Å²) >= 11 is 0. The van der Waals surface area contributed by atoms with Crippen LogP contribution in [0.5, 0.6) is 0 Å². The summed E-state index contributed by atoms with van der Waals surface area (Å²) in [6.07, 6.45) is 2.13. The van der Waals surface area contributed by atoms with Crippen LogP contribution in [0.2, 0.25) is 0 Å². The Bertz CT molecular complexity index is 105. The summed E-state index contributed by atoms with van der Waals surface area (Å²) in [6, 6.07) is 0. The van der Waals surface area contributed by atoms with Gasteiger partial charge in [0.15, 0.2) is 0 Å². The van der Waals surface area contributed by atoms with E-state index in [4.69, 9.17) is 4.74 Å². The van der Waals surface area contributed by atoms with Crippen LogP contribution in [0, 0.1) is 0 Å². The van der Waals surface area contributed by atoms with E-state index in [9.17, 15) is 0 Å². The van der Waals surface area contributed by atoms with Crippen LogP contribution in [-0.2, 0) is 4.74 Å². The largest absolute Gasteiger partial charge is 0.370 e. The van der Waals surface area contributed by atoms with Crippen LogP contribution < -0.4 is 0 Å². The molecule has 0 aliphatic rings. The number of rotatable bonds is 4. The quantitative estimate of drug-likeness (QED) is 0.773. The van der Waals surface area contributed by atoms with Gasteiger partial charge in [-0.3, -0.25) is 0 Å². The van der Waals surface area contributed by atoms with Crippen molar-refractivity contribution in [3.05, 3.63) is 0 Å². The van der Waals surface area contributed by atoms with E-state index in [1.807, 2.05) is 0 Å². The first-order chi connectivity index (χ1) is 4.83. The maximum Gasteiger partial charge on any atom is 0.0631 e. The standard InChI is InChI=1S/C10H22O.Cs/c1-7-9(3,4)11-10(5,6)8-2;/h7-8H2,1-6H3;. The minimum absolute atomic E-state index is 0. The smallest absolute Gasteiger partial charge is 0.0631 e. The Morgan fingerprint density at radius 2 is 1.08 bits per heavy atom. The van der Waals surface area contributed by atoms with Crippen LogP contribution in [0.4, 0.5) is 0 Å². The predicted octanol–water partition coefficient (Wildman–Crippen LogP) is 3.00. The van der Waals surface area contributed by atoms with E-state index in [1.54, 1.807) is 0 Å². The molecule has 2 heteroatoms. The molecule has 1 nitrogen and oxygen atoms in total. The molecule has 0 fully saturated rings. The maximum atomic E-state index is 5.92. The van der Waals surface area contributed by atoms with Crippen molar-refractivity contribution in [2.75, 3.05) is 0 Å². The molecule has 0 spiro atoms. The predicted molar refractivity (Wildman–Crippen MR) is 55.6 cm³/mol. The van der Waals surface area contributed by atoms with Crippen molar-refractivity contribution < 1.29 is 4.74 Å². The first-order valence-corrected chi connectivity index (χ1v) is 4.53. The van der Waals surface area contributed by atoms with Crippen LogP contribution in [-0.4, -0.2) is 80.1 Å². The number of hydrogen-bond acceptors (Lipinski definition) is 1. The van der Waals surface area contributed by atoms with Gasteiger partial charge in [-0.2, -0.15) is 0 Å². The van der Waals surface area contributed by atoms with Gasteiger partial charge in [0.1, 0.15) is 0 Å². The zero-order chi connectivity index (χ0) is 9.12. The van der Waals surface area contributed by atoms with Gasteiger partial charge < -0.3 is 4.74 Å². The van der Waals surface area contributed by atoms with Crippen molar-refractivity contribution >= 4 is 68.9 Å². The second-order valence-corrected chi connectivity index (χ2v) is 4.33. The summed E-state index contributed by atoms with van der Waals surface area (Å²) in [5.41, 5.74) is 0.0546. The summed E-state index contributed by atoms with van der Waals surface area (Å²) in [5.74, 6) is 0. The molecule has 0 atom stereocenters. The van der Waals surface area contributed by atoms with Crippen molar-refractivity contribution in [2.24, 2.45) is 0 Å². The van der Waals surface area contributed by atoms with E-state index in [-0.39, 0.29) is 80.1 Å². The van der Waals surface area contributed by atoms with Gasteiger partial charge in [0, 0.05) is 68.9 Å². The van der Waals surface area contributed by atoms with Gasteiger partial charge in [-0.15, -0.1) is 0 Å². The van der Waals surface area contributed by atoms with Crippen LogP contribution in [0.3, 0.4) is 0 Å². The Labute approximate surface area is 136 Å². The average molecular weight is 291 g/mol. The van der Waals surface area contributed by atoms with Crippen LogP contribution in [0.25, 0.3) is 0 Å². The Hall–Kier alpha value is 2.01. The Balaban J connectivity index is 0. The Morgan fingerprint density at radius 3 is 1.25 bits per heavy atom. The van der Waals surface area contributed by atoms with Gasteiger partial charge in [-0.05, 0) is 40.5 Å². The van der Waals surface area contributed by atoms with Crippen molar-refractivity contribution in [1.29, 1.82) is 0 Å². The topological polar surface area (TPSA) is 9.23 Å². The molecular weight excluding hydrogens is 269 g/mol. The molecule has 0 saturated heterocycles.